The molecule has 2 N–H and O–H groups in total. The largest absolute Gasteiger partial charge is 0.467 e. The Morgan fingerprint density at radius 1 is 1.13 bits per heavy atom. The van der Waals surface area contributed by atoms with E-state index < -0.39 is 0 Å². The van der Waals surface area contributed by atoms with Crippen LogP contribution >= 0.6 is 12.2 Å². The van der Waals surface area contributed by atoms with Gasteiger partial charge < -0.3 is 24.5 Å². The normalized spacial score (nSPS) is 17.0. The van der Waals surface area contributed by atoms with Gasteiger partial charge in [-0.05, 0) is 80.0 Å². The molecule has 5 rings (SSSR count). The molecule has 196 valence electrons. The molecule has 3 aromatic heterocycles. The van der Waals surface area contributed by atoms with E-state index in [0.717, 1.165) is 46.1 Å². The molecule has 0 unspecified atom stereocenters. The number of nitrogens with zero attached hydrogens (tertiary/aromatic N) is 3. The zero-order valence-electron chi connectivity index (χ0n) is 22.0. The first kappa shape index (κ1) is 25.7. The highest BCUT2D eigenvalue weighted by molar-refractivity contribution is 7.80. The fourth-order valence-corrected chi connectivity index (χ4v) is 5.63. The van der Waals surface area contributed by atoms with E-state index in [-0.39, 0.29) is 18.0 Å². The van der Waals surface area contributed by atoms with Crippen molar-refractivity contribution in [2.24, 2.45) is 0 Å². The first-order valence-corrected chi connectivity index (χ1v) is 13.4. The summed E-state index contributed by atoms with van der Waals surface area (Å²) in [5.41, 5.74) is 6.35. The molecule has 0 saturated carbocycles. The van der Waals surface area contributed by atoms with Crippen LogP contribution in [0.4, 0.5) is 5.69 Å². The number of para-hydroxylation sites is 1. The number of rotatable bonds is 9. The van der Waals surface area contributed by atoms with Crippen molar-refractivity contribution in [3.05, 3.63) is 107 Å². The predicted molar refractivity (Wildman–Crippen MR) is 153 cm³/mol. The van der Waals surface area contributed by atoms with Gasteiger partial charge in [0.2, 0.25) is 5.91 Å². The molecule has 38 heavy (non-hydrogen) atoms. The van der Waals surface area contributed by atoms with Crippen molar-refractivity contribution in [2.75, 3.05) is 11.9 Å². The lowest BCUT2D eigenvalue weighted by Gasteiger charge is -2.28. The van der Waals surface area contributed by atoms with Crippen LogP contribution in [0.15, 0.2) is 77.5 Å². The minimum absolute atomic E-state index is 0.0305. The SMILES string of the molecule is CCc1ccccc1NC(=O)CCN1C(=S)N[C@H](c2ccccn2)[C@@H]1c1cc(C)n(Cc2ccco2)c1C. The molecule has 1 amide bonds. The van der Waals surface area contributed by atoms with Crippen LogP contribution in [-0.4, -0.2) is 32.0 Å². The summed E-state index contributed by atoms with van der Waals surface area (Å²) < 4.78 is 7.88. The van der Waals surface area contributed by atoms with Gasteiger partial charge in [0.05, 0.1) is 30.6 Å². The van der Waals surface area contributed by atoms with Crippen LogP contribution in [-0.2, 0) is 17.8 Å². The Bertz CT molecular complexity index is 1410. The summed E-state index contributed by atoms with van der Waals surface area (Å²) in [5.74, 6) is 0.873. The second kappa shape index (κ2) is 11.2. The van der Waals surface area contributed by atoms with Crippen molar-refractivity contribution in [3.63, 3.8) is 0 Å². The van der Waals surface area contributed by atoms with E-state index in [1.807, 2.05) is 54.6 Å². The number of benzene rings is 1. The number of pyridine rings is 1. The molecule has 1 saturated heterocycles. The van der Waals surface area contributed by atoms with Crippen LogP contribution in [0.3, 0.4) is 0 Å². The van der Waals surface area contributed by atoms with Crippen molar-refractivity contribution in [1.29, 1.82) is 0 Å². The average Bonchev–Trinajstić information content (AvgIpc) is 3.63. The van der Waals surface area contributed by atoms with Gasteiger partial charge in [-0.2, -0.15) is 0 Å². The third kappa shape index (κ3) is 5.22. The lowest BCUT2D eigenvalue weighted by Crippen LogP contribution is -2.33. The fraction of sp³-hybridized carbons (Fsp3) is 0.300. The second-order valence-corrected chi connectivity index (χ2v) is 10.0. The van der Waals surface area contributed by atoms with E-state index in [1.54, 1.807) is 12.5 Å². The molecule has 7 nitrogen and oxygen atoms in total. The highest BCUT2D eigenvalue weighted by Crippen LogP contribution is 2.41. The van der Waals surface area contributed by atoms with Crippen LogP contribution in [0.2, 0.25) is 0 Å². The second-order valence-electron chi connectivity index (χ2n) is 9.62. The number of aryl methyl sites for hydroxylation is 2. The van der Waals surface area contributed by atoms with Crippen LogP contribution in [0.5, 0.6) is 0 Å². The number of anilines is 1. The number of carbonyl (C=O) groups is 1. The lowest BCUT2D eigenvalue weighted by atomic mass is 9.96. The summed E-state index contributed by atoms with van der Waals surface area (Å²) in [6, 6.07) is 19.7. The van der Waals surface area contributed by atoms with Crippen LogP contribution in [0.1, 0.15) is 59.4 Å². The average molecular weight is 528 g/mol. The summed E-state index contributed by atoms with van der Waals surface area (Å²) >= 11 is 5.83. The number of nitrogens with one attached hydrogen (secondary N) is 2. The third-order valence-electron chi connectivity index (χ3n) is 7.28. The number of furan rings is 1. The van der Waals surface area contributed by atoms with E-state index in [2.05, 4.69) is 51.9 Å². The molecule has 0 aliphatic carbocycles. The number of aromatic nitrogens is 2. The Balaban J connectivity index is 1.42. The van der Waals surface area contributed by atoms with Crippen LogP contribution < -0.4 is 10.6 Å². The van der Waals surface area contributed by atoms with Gasteiger partial charge in [0.1, 0.15) is 5.76 Å². The van der Waals surface area contributed by atoms with Crippen molar-refractivity contribution in [3.8, 4) is 0 Å². The highest BCUT2D eigenvalue weighted by Gasteiger charge is 2.41. The summed E-state index contributed by atoms with van der Waals surface area (Å²) in [6.45, 7) is 7.47. The van der Waals surface area contributed by atoms with E-state index >= 15 is 0 Å². The molecule has 0 radical (unpaired) electrons. The number of amides is 1. The van der Waals surface area contributed by atoms with Crippen molar-refractivity contribution < 1.29 is 9.21 Å². The Morgan fingerprint density at radius 3 is 2.68 bits per heavy atom. The molecule has 0 spiro atoms. The van der Waals surface area contributed by atoms with Gasteiger partial charge in [0, 0.05) is 36.2 Å². The number of thiocarbonyl (C=S) groups is 1. The Kier molecular flexibility index (Phi) is 7.60. The highest BCUT2D eigenvalue weighted by atomic mass is 32.1. The zero-order valence-corrected chi connectivity index (χ0v) is 22.8. The predicted octanol–water partition coefficient (Wildman–Crippen LogP) is 5.70. The molecule has 4 aromatic rings. The maximum atomic E-state index is 13.0. The van der Waals surface area contributed by atoms with Crippen molar-refractivity contribution in [1.82, 2.24) is 19.8 Å². The smallest absolute Gasteiger partial charge is 0.226 e. The Hall–Kier alpha value is -3.91. The molecule has 8 heteroatoms. The molecule has 4 heterocycles. The molecular weight excluding hydrogens is 494 g/mol. The Labute approximate surface area is 228 Å². The van der Waals surface area contributed by atoms with Crippen LogP contribution in [0.25, 0.3) is 0 Å². The topological polar surface area (TPSA) is 75.3 Å². The van der Waals surface area contributed by atoms with Crippen molar-refractivity contribution >= 4 is 28.9 Å². The maximum absolute atomic E-state index is 13.0. The van der Waals surface area contributed by atoms with Gasteiger partial charge in [0.25, 0.3) is 0 Å². The van der Waals surface area contributed by atoms with E-state index in [4.69, 9.17) is 16.6 Å². The zero-order chi connectivity index (χ0) is 26.6. The molecule has 0 bridgehead atoms. The quantitative estimate of drug-likeness (QED) is 0.272. The van der Waals surface area contributed by atoms with Crippen molar-refractivity contribution in [2.45, 2.75) is 52.2 Å². The molecular formula is C30H33N5O2S. The summed E-state index contributed by atoms with van der Waals surface area (Å²) in [6.07, 6.45) is 4.68. The van der Waals surface area contributed by atoms with Gasteiger partial charge in [-0.1, -0.05) is 31.2 Å². The van der Waals surface area contributed by atoms with Crippen LogP contribution in [0, 0.1) is 13.8 Å². The third-order valence-corrected chi connectivity index (χ3v) is 7.63. The number of hydrogen-bond acceptors (Lipinski definition) is 4. The number of carbonyl (C=O) groups excluding carboxylic acids is 1. The minimum atomic E-state index is -0.134. The van der Waals surface area contributed by atoms with Gasteiger partial charge in [0.15, 0.2) is 5.11 Å². The summed E-state index contributed by atoms with van der Waals surface area (Å²) in [4.78, 5) is 19.8. The van der Waals surface area contributed by atoms with Gasteiger partial charge in [-0.3, -0.25) is 9.78 Å². The maximum Gasteiger partial charge on any atom is 0.226 e. The minimum Gasteiger partial charge on any atom is -0.467 e. The lowest BCUT2D eigenvalue weighted by molar-refractivity contribution is -0.116. The monoisotopic (exact) mass is 527 g/mol. The molecule has 2 atom stereocenters. The fourth-order valence-electron chi connectivity index (χ4n) is 5.30. The van der Waals surface area contributed by atoms with E-state index in [9.17, 15) is 4.79 Å². The molecule has 1 aromatic carbocycles. The van der Waals surface area contributed by atoms with Gasteiger partial charge >= 0.3 is 0 Å². The van der Waals surface area contributed by atoms with Gasteiger partial charge in [-0.15, -0.1) is 0 Å². The first-order valence-electron chi connectivity index (χ1n) is 13.0. The Morgan fingerprint density at radius 2 is 1.95 bits per heavy atom. The first-order chi connectivity index (χ1) is 18.5. The molecule has 1 aliphatic heterocycles. The van der Waals surface area contributed by atoms with Gasteiger partial charge in [-0.25, -0.2) is 0 Å². The summed E-state index contributed by atoms with van der Waals surface area (Å²) in [7, 11) is 0. The molecule has 1 aliphatic rings. The van der Waals surface area contributed by atoms with E-state index in [1.165, 1.54) is 0 Å². The summed E-state index contributed by atoms with van der Waals surface area (Å²) in [5, 5.41) is 7.22. The molecule has 1 fully saturated rings. The van der Waals surface area contributed by atoms with E-state index in [0.29, 0.717) is 24.6 Å². The standard InChI is InChI=1S/C30H33N5O2S/c1-4-22-10-5-6-12-25(22)32-27(36)14-16-34-29(28(33-30(34)38)26-13-7-8-15-31-26)24-18-20(2)35(21(24)3)19-23-11-9-17-37-23/h5-13,15,17-18,28-29H,4,14,16,19H2,1-3H3,(H,32,36)(H,33,38)/t28-,29+/m1/s1. The number of hydrogen-bond donors (Lipinski definition) is 2.